The van der Waals surface area contributed by atoms with Crippen LogP contribution in [0.3, 0.4) is 0 Å². The van der Waals surface area contributed by atoms with Gasteiger partial charge in [0, 0.05) is 24.9 Å². The Morgan fingerprint density at radius 3 is 2.70 bits per heavy atom. The topological polar surface area (TPSA) is 75.7 Å². The van der Waals surface area contributed by atoms with E-state index >= 15 is 0 Å². The van der Waals surface area contributed by atoms with E-state index in [-0.39, 0.29) is 11.9 Å². The van der Waals surface area contributed by atoms with E-state index in [0.29, 0.717) is 17.2 Å². The second-order valence-electron chi connectivity index (χ2n) is 5.39. The first kappa shape index (κ1) is 17.7. The number of thiophene rings is 1. The molecule has 0 spiro atoms. The molecular weight excluding hydrogens is 336 g/mol. The van der Waals surface area contributed by atoms with Crippen LogP contribution >= 0.6 is 11.3 Å². The number of carbonyl (C=O) groups is 1. The van der Waals surface area contributed by atoms with Crippen molar-refractivity contribution in [2.24, 2.45) is 0 Å². The van der Waals surface area contributed by atoms with Crippen LogP contribution in [0.25, 0.3) is 10.1 Å². The Morgan fingerprint density at radius 2 is 2.09 bits per heavy atom. The van der Waals surface area contributed by atoms with Crippen molar-refractivity contribution >= 4 is 43.0 Å². The highest BCUT2D eigenvalue weighted by Crippen LogP contribution is 2.29. The number of nitrogens with zero attached hydrogens (tertiary/aromatic N) is 1. The molecule has 6 nitrogen and oxygen atoms in total. The van der Waals surface area contributed by atoms with Crippen LogP contribution in [0.2, 0.25) is 0 Å². The van der Waals surface area contributed by atoms with Crippen molar-refractivity contribution in [2.75, 3.05) is 31.3 Å². The maximum absolute atomic E-state index is 12.2. The highest BCUT2D eigenvalue weighted by atomic mass is 32.2. The number of carbonyl (C=O) groups excluding carboxylic acids is 1. The number of hydrogen-bond acceptors (Lipinski definition) is 5. The number of rotatable bonds is 6. The quantitative estimate of drug-likeness (QED) is 0.860. The minimum atomic E-state index is -3.31. The average molecular weight is 356 g/mol. The molecule has 1 aromatic heterocycles. The monoisotopic (exact) mass is 356 g/mol. The third-order valence-electron chi connectivity index (χ3n) is 3.38. The molecule has 1 heterocycles. The molecule has 0 aliphatic carbocycles. The van der Waals surface area contributed by atoms with Gasteiger partial charge in [0.05, 0.1) is 23.4 Å². The number of fused-ring (bicyclic) bond motifs is 1. The lowest BCUT2D eigenvalue weighted by molar-refractivity contribution is 0.0909. The fourth-order valence-corrected chi connectivity index (χ4v) is 3.56. The van der Waals surface area contributed by atoms with Gasteiger partial charge in [0.25, 0.3) is 5.91 Å². The first-order valence-corrected chi connectivity index (χ1v) is 9.66. The summed E-state index contributed by atoms with van der Waals surface area (Å²) in [5.74, 6) is -0.159. The second-order valence-corrected chi connectivity index (χ2v) is 8.49. The summed E-state index contributed by atoms with van der Waals surface area (Å²) in [5.41, 5.74) is 0.567. The summed E-state index contributed by atoms with van der Waals surface area (Å²) in [6.07, 6.45) is 1.15. The van der Waals surface area contributed by atoms with Crippen molar-refractivity contribution in [1.29, 1.82) is 0 Å². The molecule has 0 bridgehead atoms. The molecule has 0 unspecified atom stereocenters. The molecule has 0 saturated heterocycles. The van der Waals surface area contributed by atoms with E-state index in [9.17, 15) is 13.2 Å². The first-order valence-electron chi connectivity index (χ1n) is 6.99. The summed E-state index contributed by atoms with van der Waals surface area (Å²) >= 11 is 1.37. The molecule has 0 aliphatic rings. The van der Waals surface area contributed by atoms with E-state index in [1.807, 2.05) is 13.0 Å². The van der Waals surface area contributed by atoms with Crippen molar-refractivity contribution in [3.05, 3.63) is 29.1 Å². The highest BCUT2D eigenvalue weighted by Gasteiger charge is 2.16. The molecule has 1 amide bonds. The number of ether oxygens (including phenoxy) is 1. The second kappa shape index (κ2) is 6.86. The molecule has 1 atom stereocenters. The Labute approximate surface area is 140 Å². The van der Waals surface area contributed by atoms with Crippen LogP contribution in [-0.2, 0) is 14.8 Å². The zero-order chi connectivity index (χ0) is 17.2. The van der Waals surface area contributed by atoms with Gasteiger partial charge in [-0.25, -0.2) is 8.42 Å². The van der Waals surface area contributed by atoms with Gasteiger partial charge in [-0.15, -0.1) is 11.3 Å². The van der Waals surface area contributed by atoms with Crippen LogP contribution < -0.4 is 9.62 Å². The maximum Gasteiger partial charge on any atom is 0.261 e. The van der Waals surface area contributed by atoms with Crippen LogP contribution in [0.4, 0.5) is 5.69 Å². The van der Waals surface area contributed by atoms with Gasteiger partial charge in [0.1, 0.15) is 0 Å². The number of benzene rings is 1. The van der Waals surface area contributed by atoms with Crippen LogP contribution in [0.1, 0.15) is 16.6 Å². The van der Waals surface area contributed by atoms with Gasteiger partial charge in [0.2, 0.25) is 10.0 Å². The van der Waals surface area contributed by atoms with Gasteiger partial charge in [-0.05, 0) is 36.6 Å². The zero-order valence-electron chi connectivity index (χ0n) is 13.5. The lowest BCUT2D eigenvalue weighted by atomic mass is 10.2. The molecule has 0 radical (unpaired) electrons. The Morgan fingerprint density at radius 1 is 1.39 bits per heavy atom. The van der Waals surface area contributed by atoms with Gasteiger partial charge in [-0.3, -0.25) is 9.10 Å². The van der Waals surface area contributed by atoms with Crippen molar-refractivity contribution < 1.29 is 17.9 Å². The summed E-state index contributed by atoms with van der Waals surface area (Å²) < 4.78 is 30.4. The smallest absolute Gasteiger partial charge is 0.261 e. The van der Waals surface area contributed by atoms with Gasteiger partial charge >= 0.3 is 0 Å². The average Bonchev–Trinajstić information content (AvgIpc) is 2.88. The molecular formula is C15H20N2O4S2. The van der Waals surface area contributed by atoms with Crippen LogP contribution in [0.15, 0.2) is 24.3 Å². The fraction of sp³-hybridized carbons (Fsp3) is 0.400. The standard InChI is InChI=1S/C15H20N2O4S2/c1-10(9-21-3)16-15(18)14-8-11-7-12(5-6-13(11)22-14)17(2)23(4,19)20/h5-8,10H,9H2,1-4H3,(H,16,18)/t10-/m0/s1. The maximum atomic E-state index is 12.2. The van der Waals surface area contributed by atoms with Gasteiger partial charge in [-0.1, -0.05) is 0 Å². The van der Waals surface area contributed by atoms with E-state index in [0.717, 1.165) is 16.3 Å². The van der Waals surface area contributed by atoms with E-state index in [1.54, 1.807) is 25.3 Å². The highest BCUT2D eigenvalue weighted by molar-refractivity contribution is 7.92. The summed E-state index contributed by atoms with van der Waals surface area (Å²) in [5, 5.41) is 3.70. The van der Waals surface area contributed by atoms with E-state index in [2.05, 4.69) is 5.32 Å². The van der Waals surface area contributed by atoms with Crippen molar-refractivity contribution in [1.82, 2.24) is 5.32 Å². The minimum Gasteiger partial charge on any atom is -0.383 e. The lowest BCUT2D eigenvalue weighted by Gasteiger charge is -2.16. The molecule has 23 heavy (non-hydrogen) atoms. The predicted molar refractivity (Wildman–Crippen MR) is 93.9 cm³/mol. The summed E-state index contributed by atoms with van der Waals surface area (Å²) in [6, 6.07) is 7.02. The van der Waals surface area contributed by atoms with E-state index < -0.39 is 10.0 Å². The van der Waals surface area contributed by atoms with E-state index in [1.165, 1.54) is 22.7 Å². The van der Waals surface area contributed by atoms with E-state index in [4.69, 9.17) is 4.74 Å². The van der Waals surface area contributed by atoms with Crippen LogP contribution in [0, 0.1) is 0 Å². The molecule has 8 heteroatoms. The molecule has 0 aliphatic heterocycles. The molecule has 2 aromatic rings. The lowest BCUT2D eigenvalue weighted by Crippen LogP contribution is -2.35. The zero-order valence-corrected chi connectivity index (χ0v) is 15.1. The van der Waals surface area contributed by atoms with Crippen molar-refractivity contribution in [3.8, 4) is 0 Å². The van der Waals surface area contributed by atoms with Crippen molar-refractivity contribution in [3.63, 3.8) is 0 Å². The van der Waals surface area contributed by atoms with Crippen LogP contribution in [-0.4, -0.2) is 47.4 Å². The SMILES string of the molecule is COC[C@H](C)NC(=O)c1cc2cc(N(C)S(C)(=O)=O)ccc2s1. The number of sulfonamides is 1. The predicted octanol–water partition coefficient (Wildman–Crippen LogP) is 2.06. The van der Waals surface area contributed by atoms with Crippen LogP contribution in [0.5, 0.6) is 0 Å². The molecule has 126 valence electrons. The number of nitrogens with one attached hydrogen (secondary N) is 1. The molecule has 2 rings (SSSR count). The number of amides is 1. The Hall–Kier alpha value is -1.64. The van der Waals surface area contributed by atoms with Gasteiger partial charge in [-0.2, -0.15) is 0 Å². The number of hydrogen-bond donors (Lipinski definition) is 1. The Kier molecular flexibility index (Phi) is 5.28. The Bertz CT molecular complexity index is 814. The summed E-state index contributed by atoms with van der Waals surface area (Å²) in [4.78, 5) is 12.8. The third kappa shape index (κ3) is 4.21. The number of methoxy groups -OCH3 is 1. The third-order valence-corrected chi connectivity index (χ3v) is 5.70. The first-order chi connectivity index (χ1) is 10.7. The minimum absolute atomic E-state index is 0.0790. The van der Waals surface area contributed by atoms with Gasteiger partial charge < -0.3 is 10.1 Å². The van der Waals surface area contributed by atoms with Crippen molar-refractivity contribution in [2.45, 2.75) is 13.0 Å². The molecule has 1 aromatic carbocycles. The Balaban J connectivity index is 2.27. The summed E-state index contributed by atoms with van der Waals surface area (Å²) in [7, 11) is -0.225. The fourth-order valence-electron chi connectivity index (χ4n) is 2.12. The molecule has 1 N–H and O–H groups in total. The largest absolute Gasteiger partial charge is 0.383 e. The summed E-state index contributed by atoms with van der Waals surface area (Å²) in [6.45, 7) is 2.31. The number of anilines is 1. The molecule has 0 saturated carbocycles. The van der Waals surface area contributed by atoms with Gasteiger partial charge in [0.15, 0.2) is 0 Å². The normalized spacial score (nSPS) is 13.0. The molecule has 0 fully saturated rings.